The van der Waals surface area contributed by atoms with E-state index in [-0.39, 0.29) is 14.1 Å². The normalized spacial score (nSPS) is 5.50. The Hall–Kier alpha value is 0.492. The molecule has 0 aliphatic carbocycles. The molecule has 0 aromatic heterocycles. The lowest BCUT2D eigenvalue weighted by atomic mass is 11.8. The molecule has 0 saturated heterocycles. The highest BCUT2D eigenvalue weighted by atomic mass is 27.2. The summed E-state index contributed by atoms with van der Waals surface area (Å²) in [5.74, 6) is 6.92. The van der Waals surface area contributed by atoms with Gasteiger partial charge in [0.1, 0.15) is 0 Å². The Morgan fingerprint density at radius 2 is 1.00 bits per heavy atom. The van der Waals surface area contributed by atoms with Crippen molar-refractivity contribution in [3.05, 3.63) is 0 Å². The van der Waals surface area contributed by atoms with E-state index < -0.39 is 0 Å². The molecule has 0 heterocycles. The van der Waals surface area contributed by atoms with Crippen LogP contribution in [0.3, 0.4) is 0 Å². The maximum atomic E-state index is 7.00. The van der Waals surface area contributed by atoms with Crippen molar-refractivity contribution in [3.63, 3.8) is 0 Å². The zero-order valence-corrected chi connectivity index (χ0v) is 6.18. The van der Waals surface area contributed by atoms with Gasteiger partial charge in [0.05, 0.1) is 0 Å². The summed E-state index contributed by atoms with van der Waals surface area (Å²) in [5, 5.41) is 7.00. The fourth-order valence-corrected chi connectivity index (χ4v) is 0. The molecule has 0 amide bonds. The van der Waals surface area contributed by atoms with Crippen LogP contribution in [0.2, 0.25) is 17.4 Å². The minimum atomic E-state index is -0.139. The van der Waals surface area contributed by atoms with Gasteiger partial charge in [-0.3, -0.25) is 0 Å². The van der Waals surface area contributed by atoms with E-state index in [1.54, 1.807) is 0 Å². The first-order valence-corrected chi connectivity index (χ1v) is 5.64. The topological polar surface area (TPSA) is 20.2 Å². The van der Waals surface area contributed by atoms with E-state index in [0.29, 0.717) is 0 Å². The van der Waals surface area contributed by atoms with E-state index in [1.165, 1.54) is 0 Å². The van der Waals surface area contributed by atoms with Crippen molar-refractivity contribution in [1.82, 2.24) is 0 Å². The van der Waals surface area contributed by atoms with Gasteiger partial charge >= 0.3 is 0 Å². The van der Waals surface area contributed by atoms with Crippen LogP contribution in [-0.4, -0.2) is 26.4 Å². The van der Waals surface area contributed by atoms with Crippen LogP contribution in [0.25, 0.3) is 0 Å². The Morgan fingerprint density at radius 3 is 1.00 bits per heavy atom. The lowest BCUT2D eigenvalue weighted by molar-refractivity contribution is 0.399. The van der Waals surface area contributed by atoms with Crippen LogP contribution in [0, 0.1) is 0 Å². The molecule has 0 radical (unpaired) electrons. The molecule has 0 spiro atoms. The number of aliphatic hydroxyl groups is 1. The molecule has 0 aromatic rings. The molecular weight excluding hydrogens is 91.0 g/mol. The molecule has 6 heavy (non-hydrogen) atoms. The van der Waals surface area contributed by atoms with E-state index >= 15 is 0 Å². The minimum absolute atomic E-state index is 0.139. The summed E-state index contributed by atoms with van der Waals surface area (Å²) < 4.78 is 0. The smallest absolute Gasteiger partial charge is 0.251 e. The second-order valence-corrected chi connectivity index (χ2v) is 5.20. The van der Waals surface area contributed by atoms with Crippen LogP contribution in [0.4, 0.5) is 0 Å². The van der Waals surface area contributed by atoms with Gasteiger partial charge in [-0.1, -0.05) is 0 Å². The van der Waals surface area contributed by atoms with Gasteiger partial charge < -0.3 is 5.11 Å². The molecule has 1 nitrogen and oxygen atoms in total. The third kappa shape index (κ3) is 226. The maximum Gasteiger partial charge on any atom is 0.251 e. The van der Waals surface area contributed by atoms with Crippen molar-refractivity contribution >= 4 is 14.1 Å². The molecule has 0 fully saturated rings. The summed E-state index contributed by atoms with van der Waals surface area (Å²) in [6.07, 6.45) is 0. The molecular formula is C4H13AlO. The average molecular weight is 104 g/mol. The van der Waals surface area contributed by atoms with Gasteiger partial charge in [0, 0.05) is 7.11 Å². The third-order valence-corrected chi connectivity index (χ3v) is 0. The molecule has 0 aromatic carbocycles. The lowest BCUT2D eigenvalue weighted by Crippen LogP contribution is -1.84. The van der Waals surface area contributed by atoms with Crippen molar-refractivity contribution in [2.24, 2.45) is 0 Å². The van der Waals surface area contributed by atoms with Gasteiger partial charge in [-0.15, -0.1) is 17.4 Å². The predicted molar refractivity (Wildman–Crippen MR) is 31.5 cm³/mol. The van der Waals surface area contributed by atoms with E-state index in [1.807, 2.05) is 0 Å². The van der Waals surface area contributed by atoms with Gasteiger partial charge in [0.2, 0.25) is 0 Å². The number of aliphatic hydroxyl groups excluding tert-OH is 1. The van der Waals surface area contributed by atoms with E-state index in [9.17, 15) is 0 Å². The van der Waals surface area contributed by atoms with Crippen LogP contribution >= 0.6 is 0 Å². The highest BCUT2D eigenvalue weighted by molar-refractivity contribution is 6.54. The minimum Gasteiger partial charge on any atom is -0.400 e. The summed E-state index contributed by atoms with van der Waals surface area (Å²) in [7, 11) is 1.00. The summed E-state index contributed by atoms with van der Waals surface area (Å²) in [6.45, 7) is 0. The molecule has 0 unspecified atom stereocenters. The third-order valence-electron chi connectivity index (χ3n) is 0. The van der Waals surface area contributed by atoms with Crippen LogP contribution in [-0.2, 0) is 0 Å². The van der Waals surface area contributed by atoms with Crippen LogP contribution in [0.1, 0.15) is 0 Å². The number of hydrogen-bond donors (Lipinski definition) is 1. The van der Waals surface area contributed by atoms with Crippen molar-refractivity contribution < 1.29 is 5.11 Å². The van der Waals surface area contributed by atoms with E-state index in [2.05, 4.69) is 17.4 Å². The Labute approximate surface area is 44.4 Å². The molecule has 0 aliphatic rings. The SMILES string of the molecule is CO.[CH3][Al]([CH3])[CH3]. The summed E-state index contributed by atoms with van der Waals surface area (Å²) >= 11 is -0.139. The Kier molecular flexibility index (Phi) is 14.7. The zero-order chi connectivity index (χ0) is 5.58. The first-order valence-electron chi connectivity index (χ1n) is 2.18. The molecule has 1 N–H and O–H groups in total. The number of hydrogen-bond acceptors (Lipinski definition) is 1. The molecule has 2 heteroatoms. The Balaban J connectivity index is 0. The fraction of sp³-hybridized carbons (Fsp3) is 1.00. The van der Waals surface area contributed by atoms with Crippen molar-refractivity contribution in [2.45, 2.75) is 17.4 Å². The second-order valence-electron chi connectivity index (χ2n) is 1.73. The molecule has 0 aliphatic heterocycles. The molecule has 0 atom stereocenters. The summed E-state index contributed by atoms with van der Waals surface area (Å²) in [4.78, 5) is 0. The zero-order valence-electron chi connectivity index (χ0n) is 5.02. The number of rotatable bonds is 0. The average Bonchev–Trinajstić information content (AvgIpc) is 1.41. The van der Waals surface area contributed by atoms with Crippen LogP contribution < -0.4 is 0 Å². The van der Waals surface area contributed by atoms with Gasteiger partial charge in [0.15, 0.2) is 0 Å². The van der Waals surface area contributed by atoms with Crippen molar-refractivity contribution in [3.8, 4) is 0 Å². The highest BCUT2D eigenvalue weighted by Crippen LogP contribution is 1.68. The standard InChI is InChI=1S/CH4O.3CH3.Al/c1-2;;;;/h2H,1H3;3*1H3;. The van der Waals surface area contributed by atoms with E-state index in [0.717, 1.165) is 7.11 Å². The molecule has 0 bridgehead atoms. The molecule has 0 rings (SSSR count). The largest absolute Gasteiger partial charge is 0.400 e. The van der Waals surface area contributed by atoms with E-state index in [4.69, 9.17) is 5.11 Å². The van der Waals surface area contributed by atoms with Gasteiger partial charge in [-0.2, -0.15) is 0 Å². The lowest BCUT2D eigenvalue weighted by Gasteiger charge is -1.67. The van der Waals surface area contributed by atoms with Gasteiger partial charge in [-0.05, 0) is 0 Å². The Bertz CT molecular complexity index is 12.3. The van der Waals surface area contributed by atoms with Crippen LogP contribution in [0.15, 0.2) is 0 Å². The Morgan fingerprint density at radius 1 is 1.00 bits per heavy atom. The maximum absolute atomic E-state index is 7.00. The van der Waals surface area contributed by atoms with Gasteiger partial charge in [-0.25, -0.2) is 0 Å². The van der Waals surface area contributed by atoms with Gasteiger partial charge in [0.25, 0.3) is 14.1 Å². The predicted octanol–water partition coefficient (Wildman–Crippen LogP) is 0.979. The van der Waals surface area contributed by atoms with Crippen molar-refractivity contribution in [1.29, 1.82) is 0 Å². The molecule has 38 valence electrons. The summed E-state index contributed by atoms with van der Waals surface area (Å²) in [6, 6.07) is 0. The fourth-order valence-electron chi connectivity index (χ4n) is 0. The quantitative estimate of drug-likeness (QED) is 0.454. The van der Waals surface area contributed by atoms with Crippen LogP contribution in [0.5, 0.6) is 0 Å². The highest BCUT2D eigenvalue weighted by Gasteiger charge is 1.81. The summed E-state index contributed by atoms with van der Waals surface area (Å²) in [5.41, 5.74) is 0. The second kappa shape index (κ2) is 9.09. The monoisotopic (exact) mass is 104 g/mol. The first kappa shape index (κ1) is 9.70. The molecule has 0 saturated carbocycles. The first-order chi connectivity index (χ1) is 2.73. The van der Waals surface area contributed by atoms with Crippen molar-refractivity contribution in [2.75, 3.05) is 7.11 Å².